The van der Waals surface area contributed by atoms with Crippen molar-refractivity contribution in [1.29, 1.82) is 0 Å². The van der Waals surface area contributed by atoms with Crippen LogP contribution in [0.4, 0.5) is 0 Å². The lowest BCUT2D eigenvalue weighted by molar-refractivity contribution is -0.870. The Balaban J connectivity index is 4.07. The molecule has 3 N–H and O–H groups in total. The smallest absolute Gasteiger partial charge is 0.387 e. The van der Waals surface area contributed by atoms with Gasteiger partial charge in [-0.2, -0.15) is 0 Å². The molecular formula is C47H94N2O6P+. The van der Waals surface area contributed by atoms with Gasteiger partial charge in [-0.05, 0) is 32.1 Å². The SMILES string of the molecule is CCCCCCCCCCCCCCCCCCCCCCCC/C=C/CC/C=C/C(O)C(COP(=O)(O)OCC[N+](C)(C)C)NC(=O)CCCCCCCC. The van der Waals surface area contributed by atoms with Gasteiger partial charge in [0.2, 0.25) is 5.91 Å². The normalized spacial score (nSPS) is 14.5. The minimum absolute atomic E-state index is 0.0575. The second-order valence-electron chi connectivity index (χ2n) is 17.5. The maximum Gasteiger partial charge on any atom is 0.472 e. The van der Waals surface area contributed by atoms with E-state index in [0.29, 0.717) is 17.4 Å². The van der Waals surface area contributed by atoms with Gasteiger partial charge in [0.25, 0.3) is 0 Å². The predicted molar refractivity (Wildman–Crippen MR) is 240 cm³/mol. The monoisotopic (exact) mass is 814 g/mol. The molecule has 0 aromatic carbocycles. The summed E-state index contributed by atoms with van der Waals surface area (Å²) in [6.45, 7) is 4.73. The molecule has 3 unspecified atom stereocenters. The molecule has 0 heterocycles. The van der Waals surface area contributed by atoms with Crippen molar-refractivity contribution in [2.45, 2.75) is 231 Å². The van der Waals surface area contributed by atoms with E-state index in [1.54, 1.807) is 6.08 Å². The first-order chi connectivity index (χ1) is 27.0. The van der Waals surface area contributed by atoms with Gasteiger partial charge in [0.1, 0.15) is 13.2 Å². The zero-order valence-electron chi connectivity index (χ0n) is 37.6. The van der Waals surface area contributed by atoms with E-state index in [-0.39, 0.29) is 19.1 Å². The van der Waals surface area contributed by atoms with E-state index in [1.165, 1.54) is 161 Å². The predicted octanol–water partition coefficient (Wildman–Crippen LogP) is 13.3. The van der Waals surface area contributed by atoms with Crippen LogP contribution in [0.15, 0.2) is 24.3 Å². The summed E-state index contributed by atoms with van der Waals surface area (Å²) in [6.07, 6.45) is 47.4. The highest BCUT2D eigenvalue weighted by atomic mass is 31.2. The molecule has 0 aliphatic rings. The molecule has 0 aliphatic heterocycles. The second kappa shape index (κ2) is 39.4. The summed E-state index contributed by atoms with van der Waals surface area (Å²) in [5.41, 5.74) is 0. The molecule has 0 saturated heterocycles. The van der Waals surface area contributed by atoms with E-state index in [4.69, 9.17) is 9.05 Å². The van der Waals surface area contributed by atoms with Crippen molar-refractivity contribution >= 4 is 13.7 Å². The van der Waals surface area contributed by atoms with Crippen LogP contribution in [0.5, 0.6) is 0 Å². The number of carbonyl (C=O) groups is 1. The number of aliphatic hydroxyl groups is 1. The summed E-state index contributed by atoms with van der Waals surface area (Å²) in [4.78, 5) is 22.9. The average molecular weight is 814 g/mol. The minimum Gasteiger partial charge on any atom is -0.387 e. The number of aliphatic hydroxyl groups excluding tert-OH is 1. The Kier molecular flexibility index (Phi) is 38.7. The number of rotatable bonds is 43. The number of amides is 1. The highest BCUT2D eigenvalue weighted by Crippen LogP contribution is 2.43. The molecule has 0 spiro atoms. The van der Waals surface area contributed by atoms with Crippen molar-refractivity contribution < 1.29 is 32.9 Å². The van der Waals surface area contributed by atoms with Crippen LogP contribution in [0.3, 0.4) is 0 Å². The van der Waals surface area contributed by atoms with Crippen LogP contribution < -0.4 is 5.32 Å². The first kappa shape index (κ1) is 55.0. The van der Waals surface area contributed by atoms with Gasteiger partial charge >= 0.3 is 7.82 Å². The average Bonchev–Trinajstić information content (AvgIpc) is 3.15. The lowest BCUT2D eigenvalue weighted by Gasteiger charge is -2.25. The number of phosphoric ester groups is 1. The van der Waals surface area contributed by atoms with Crippen LogP contribution in [0.25, 0.3) is 0 Å². The number of hydrogen-bond acceptors (Lipinski definition) is 5. The number of carbonyl (C=O) groups excluding carboxylic acids is 1. The van der Waals surface area contributed by atoms with E-state index in [1.807, 2.05) is 27.2 Å². The fraction of sp³-hybridized carbons (Fsp3) is 0.894. The van der Waals surface area contributed by atoms with Gasteiger partial charge in [-0.3, -0.25) is 13.8 Å². The van der Waals surface area contributed by atoms with Crippen molar-refractivity contribution in [1.82, 2.24) is 5.32 Å². The molecule has 0 bridgehead atoms. The largest absolute Gasteiger partial charge is 0.472 e. The Morgan fingerprint density at radius 2 is 0.982 bits per heavy atom. The van der Waals surface area contributed by atoms with Gasteiger partial charge in [0.05, 0.1) is 39.9 Å². The maximum absolute atomic E-state index is 12.7. The summed E-state index contributed by atoms with van der Waals surface area (Å²) < 4.78 is 23.4. The molecule has 9 heteroatoms. The molecule has 0 rings (SSSR count). The third-order valence-corrected chi connectivity index (χ3v) is 11.7. The Morgan fingerprint density at radius 1 is 0.589 bits per heavy atom. The number of hydrogen-bond donors (Lipinski definition) is 3. The number of quaternary nitrogens is 1. The van der Waals surface area contributed by atoms with Crippen LogP contribution in [0.1, 0.15) is 219 Å². The summed E-state index contributed by atoms with van der Waals surface area (Å²) >= 11 is 0. The third kappa shape index (κ3) is 41.2. The molecule has 332 valence electrons. The number of unbranched alkanes of at least 4 members (excludes halogenated alkanes) is 28. The van der Waals surface area contributed by atoms with Crippen LogP contribution in [0, 0.1) is 0 Å². The summed E-state index contributed by atoms with van der Waals surface area (Å²) in [5.74, 6) is -0.196. The Hall–Kier alpha value is -1.02. The molecule has 0 aromatic heterocycles. The first-order valence-electron chi connectivity index (χ1n) is 23.7. The molecule has 0 aliphatic carbocycles. The van der Waals surface area contributed by atoms with E-state index >= 15 is 0 Å². The maximum atomic E-state index is 12.7. The fourth-order valence-electron chi connectivity index (χ4n) is 6.88. The first-order valence-corrected chi connectivity index (χ1v) is 25.2. The van der Waals surface area contributed by atoms with Crippen molar-refractivity contribution in [2.75, 3.05) is 40.9 Å². The van der Waals surface area contributed by atoms with Gasteiger partial charge in [0, 0.05) is 6.42 Å². The Morgan fingerprint density at radius 3 is 1.43 bits per heavy atom. The van der Waals surface area contributed by atoms with Gasteiger partial charge in [-0.15, -0.1) is 0 Å². The number of nitrogens with one attached hydrogen (secondary N) is 1. The van der Waals surface area contributed by atoms with Gasteiger partial charge in [-0.1, -0.05) is 205 Å². The van der Waals surface area contributed by atoms with Crippen molar-refractivity contribution in [3.8, 4) is 0 Å². The zero-order chi connectivity index (χ0) is 41.4. The van der Waals surface area contributed by atoms with Gasteiger partial charge < -0.3 is 19.8 Å². The van der Waals surface area contributed by atoms with Crippen LogP contribution in [-0.2, 0) is 18.4 Å². The standard InChI is InChI=1S/C47H93N2O6P/c1-6-8-10-12-14-15-16-17-18-19-20-21-22-23-24-25-26-27-28-29-30-31-32-33-34-35-36-38-40-46(50)45(48-47(51)41-39-37-13-11-9-7-2)44-55-56(52,53)54-43-42-49(3,4)5/h33-34,38,40,45-46,50H,6-32,35-37,39,41-44H2,1-5H3,(H-,48,51,52,53)/p+1/b34-33+,40-38+. The molecule has 8 nitrogen and oxygen atoms in total. The summed E-state index contributed by atoms with van der Waals surface area (Å²) in [7, 11) is 1.56. The van der Waals surface area contributed by atoms with Gasteiger partial charge in [0.15, 0.2) is 0 Å². The van der Waals surface area contributed by atoms with Crippen LogP contribution in [0.2, 0.25) is 0 Å². The van der Waals surface area contributed by atoms with Gasteiger partial charge in [-0.25, -0.2) is 4.57 Å². The quantitative estimate of drug-likeness (QED) is 0.0245. The Bertz CT molecular complexity index is 969. The van der Waals surface area contributed by atoms with E-state index < -0.39 is 20.0 Å². The number of allylic oxidation sites excluding steroid dienone is 3. The van der Waals surface area contributed by atoms with Crippen molar-refractivity contribution in [2.24, 2.45) is 0 Å². The highest BCUT2D eigenvalue weighted by Gasteiger charge is 2.27. The molecule has 0 fully saturated rings. The number of likely N-dealkylation sites (N-methyl/N-ethyl adjacent to an activating group) is 1. The van der Waals surface area contributed by atoms with Crippen molar-refractivity contribution in [3.05, 3.63) is 24.3 Å². The number of phosphoric acid groups is 1. The zero-order valence-corrected chi connectivity index (χ0v) is 38.5. The summed E-state index contributed by atoms with van der Waals surface area (Å²) in [5, 5.41) is 13.7. The van der Waals surface area contributed by atoms with E-state index in [2.05, 4.69) is 31.3 Å². The third-order valence-electron chi connectivity index (χ3n) is 10.7. The second-order valence-corrected chi connectivity index (χ2v) is 18.9. The van der Waals surface area contributed by atoms with E-state index in [0.717, 1.165) is 38.5 Å². The topological polar surface area (TPSA) is 105 Å². The molecule has 0 radical (unpaired) electrons. The highest BCUT2D eigenvalue weighted by molar-refractivity contribution is 7.47. The number of nitrogens with zero attached hydrogens (tertiary/aromatic N) is 1. The molecule has 0 aromatic rings. The van der Waals surface area contributed by atoms with Crippen LogP contribution >= 0.6 is 7.82 Å². The molecule has 0 saturated carbocycles. The molecule has 1 amide bonds. The van der Waals surface area contributed by atoms with Crippen LogP contribution in [-0.4, -0.2) is 73.4 Å². The molecule has 3 atom stereocenters. The van der Waals surface area contributed by atoms with E-state index in [9.17, 15) is 19.4 Å². The molecule has 56 heavy (non-hydrogen) atoms. The van der Waals surface area contributed by atoms with Crippen molar-refractivity contribution in [3.63, 3.8) is 0 Å². The minimum atomic E-state index is -4.33. The lowest BCUT2D eigenvalue weighted by Crippen LogP contribution is -2.45. The Labute approximate surface area is 347 Å². The summed E-state index contributed by atoms with van der Waals surface area (Å²) in [6, 6.07) is -0.856. The lowest BCUT2D eigenvalue weighted by atomic mass is 10.0. The molecular weight excluding hydrogens is 719 g/mol. The fourth-order valence-corrected chi connectivity index (χ4v) is 7.62.